The summed E-state index contributed by atoms with van der Waals surface area (Å²) in [4.78, 5) is 12.0. The molecule has 7 heteroatoms. The lowest BCUT2D eigenvalue weighted by molar-refractivity contribution is -0.116. The number of carbonyl (C=O) groups is 1. The molecule has 1 atom stereocenters. The van der Waals surface area contributed by atoms with E-state index in [1.165, 1.54) is 4.70 Å². The van der Waals surface area contributed by atoms with Gasteiger partial charge >= 0.3 is 0 Å². The van der Waals surface area contributed by atoms with E-state index in [1.807, 2.05) is 29.6 Å². The van der Waals surface area contributed by atoms with Crippen LogP contribution in [0.1, 0.15) is 6.42 Å². The Morgan fingerprint density at radius 3 is 3.05 bits per heavy atom. The van der Waals surface area contributed by atoms with Crippen LogP contribution in [-0.2, 0) is 14.6 Å². The van der Waals surface area contributed by atoms with Gasteiger partial charge in [-0.3, -0.25) is 4.79 Å². The van der Waals surface area contributed by atoms with Crippen molar-refractivity contribution in [2.24, 2.45) is 0 Å². The number of anilines is 1. The highest BCUT2D eigenvalue weighted by molar-refractivity contribution is 7.91. The highest BCUT2D eigenvalue weighted by Gasteiger charge is 2.25. The molecule has 21 heavy (non-hydrogen) atoms. The molecule has 1 saturated heterocycles. The van der Waals surface area contributed by atoms with Crippen LogP contribution in [0.25, 0.3) is 10.1 Å². The van der Waals surface area contributed by atoms with Crippen molar-refractivity contribution in [1.29, 1.82) is 0 Å². The van der Waals surface area contributed by atoms with Gasteiger partial charge in [0.05, 0.1) is 11.5 Å². The Morgan fingerprint density at radius 1 is 1.38 bits per heavy atom. The van der Waals surface area contributed by atoms with Crippen molar-refractivity contribution < 1.29 is 13.2 Å². The number of hydrogen-bond donors (Lipinski definition) is 2. The average Bonchev–Trinajstić information content (AvgIpc) is 2.84. The monoisotopic (exact) mass is 324 g/mol. The zero-order chi connectivity index (χ0) is 14.9. The SMILES string of the molecule is O=C(CC1CS(=O)(=O)CCN1)Nc1ccc2sccc2c1. The smallest absolute Gasteiger partial charge is 0.225 e. The van der Waals surface area contributed by atoms with Gasteiger partial charge in [0.2, 0.25) is 5.91 Å². The summed E-state index contributed by atoms with van der Waals surface area (Å²) in [6.07, 6.45) is 0.168. The maximum absolute atomic E-state index is 12.0. The molecule has 0 saturated carbocycles. The molecule has 2 aromatic rings. The molecule has 0 radical (unpaired) electrons. The molecule has 1 aliphatic rings. The molecule has 0 aliphatic carbocycles. The normalized spacial score (nSPS) is 21.2. The number of carbonyl (C=O) groups excluding carboxylic acids is 1. The Morgan fingerprint density at radius 2 is 2.24 bits per heavy atom. The molecule has 112 valence electrons. The number of nitrogens with one attached hydrogen (secondary N) is 2. The Kier molecular flexibility index (Phi) is 3.97. The second kappa shape index (κ2) is 5.75. The summed E-state index contributed by atoms with van der Waals surface area (Å²) >= 11 is 1.65. The summed E-state index contributed by atoms with van der Waals surface area (Å²) in [6, 6.07) is 7.47. The molecular formula is C14H16N2O3S2. The lowest BCUT2D eigenvalue weighted by Crippen LogP contribution is -2.46. The quantitative estimate of drug-likeness (QED) is 0.899. The first-order valence-electron chi connectivity index (χ1n) is 6.73. The van der Waals surface area contributed by atoms with Gasteiger partial charge in [-0.15, -0.1) is 11.3 Å². The van der Waals surface area contributed by atoms with Gasteiger partial charge in [0.15, 0.2) is 9.84 Å². The van der Waals surface area contributed by atoms with Crippen LogP contribution in [0.2, 0.25) is 0 Å². The third kappa shape index (κ3) is 3.61. The van der Waals surface area contributed by atoms with Crippen LogP contribution >= 0.6 is 11.3 Å². The molecule has 1 aromatic heterocycles. The minimum atomic E-state index is -3.01. The number of sulfone groups is 1. The standard InChI is InChI=1S/C14H16N2O3S2/c17-14(8-12-9-21(18,19)6-4-15-12)16-11-1-2-13-10(7-11)3-5-20-13/h1-3,5,7,12,15H,4,6,8-9H2,(H,16,17). The fraction of sp³-hybridized carbons (Fsp3) is 0.357. The lowest BCUT2D eigenvalue weighted by atomic mass is 10.2. The van der Waals surface area contributed by atoms with Gasteiger partial charge in [-0.2, -0.15) is 0 Å². The fourth-order valence-corrected chi connectivity index (χ4v) is 4.69. The molecule has 1 fully saturated rings. The van der Waals surface area contributed by atoms with E-state index in [0.29, 0.717) is 6.54 Å². The largest absolute Gasteiger partial charge is 0.326 e. The minimum Gasteiger partial charge on any atom is -0.326 e. The van der Waals surface area contributed by atoms with E-state index in [2.05, 4.69) is 10.6 Å². The predicted octanol–water partition coefficient (Wildman–Crippen LogP) is 1.62. The van der Waals surface area contributed by atoms with E-state index in [-0.39, 0.29) is 29.9 Å². The number of rotatable bonds is 3. The lowest BCUT2D eigenvalue weighted by Gasteiger charge is -2.23. The molecule has 1 amide bonds. The minimum absolute atomic E-state index is 0.0317. The van der Waals surface area contributed by atoms with Crippen LogP contribution < -0.4 is 10.6 Å². The number of benzene rings is 1. The first-order chi connectivity index (χ1) is 10.0. The van der Waals surface area contributed by atoms with Gasteiger partial charge in [-0.1, -0.05) is 0 Å². The number of thiophene rings is 1. The highest BCUT2D eigenvalue weighted by atomic mass is 32.2. The second-order valence-electron chi connectivity index (χ2n) is 5.19. The summed E-state index contributed by atoms with van der Waals surface area (Å²) in [5.41, 5.74) is 0.740. The van der Waals surface area contributed by atoms with Gasteiger partial charge in [-0.05, 0) is 35.0 Å². The van der Waals surface area contributed by atoms with Gasteiger partial charge < -0.3 is 10.6 Å². The van der Waals surface area contributed by atoms with Gasteiger partial charge in [0.25, 0.3) is 0 Å². The number of amides is 1. The van der Waals surface area contributed by atoms with E-state index >= 15 is 0 Å². The van der Waals surface area contributed by atoms with E-state index in [9.17, 15) is 13.2 Å². The highest BCUT2D eigenvalue weighted by Crippen LogP contribution is 2.24. The van der Waals surface area contributed by atoms with Crippen molar-refractivity contribution in [3.63, 3.8) is 0 Å². The van der Waals surface area contributed by atoms with Crippen LogP contribution in [0, 0.1) is 0 Å². The van der Waals surface area contributed by atoms with Crippen molar-refractivity contribution in [3.05, 3.63) is 29.6 Å². The molecule has 2 heterocycles. The van der Waals surface area contributed by atoms with E-state index in [1.54, 1.807) is 11.3 Å². The Balaban J connectivity index is 1.63. The molecular weight excluding hydrogens is 308 g/mol. The van der Waals surface area contributed by atoms with E-state index in [0.717, 1.165) is 11.1 Å². The van der Waals surface area contributed by atoms with Gasteiger partial charge in [0.1, 0.15) is 0 Å². The predicted molar refractivity (Wildman–Crippen MR) is 85.5 cm³/mol. The second-order valence-corrected chi connectivity index (χ2v) is 8.37. The van der Waals surface area contributed by atoms with E-state index in [4.69, 9.17) is 0 Å². The van der Waals surface area contributed by atoms with Crippen LogP contribution in [0.15, 0.2) is 29.6 Å². The van der Waals surface area contributed by atoms with Gasteiger partial charge in [-0.25, -0.2) is 8.42 Å². The van der Waals surface area contributed by atoms with Crippen molar-refractivity contribution >= 4 is 42.9 Å². The van der Waals surface area contributed by atoms with Crippen molar-refractivity contribution in [3.8, 4) is 0 Å². The first-order valence-corrected chi connectivity index (χ1v) is 9.43. The van der Waals surface area contributed by atoms with E-state index < -0.39 is 9.84 Å². The van der Waals surface area contributed by atoms with Crippen LogP contribution in [0.4, 0.5) is 5.69 Å². The van der Waals surface area contributed by atoms with Crippen molar-refractivity contribution in [2.75, 3.05) is 23.4 Å². The molecule has 0 spiro atoms. The number of hydrogen-bond acceptors (Lipinski definition) is 5. The fourth-order valence-electron chi connectivity index (χ4n) is 2.48. The van der Waals surface area contributed by atoms with Crippen molar-refractivity contribution in [1.82, 2.24) is 5.32 Å². The summed E-state index contributed by atoms with van der Waals surface area (Å²) in [5.74, 6) is 0.0170. The molecule has 5 nitrogen and oxygen atoms in total. The Bertz CT molecular complexity index is 767. The third-order valence-corrected chi connectivity index (χ3v) is 6.10. The topological polar surface area (TPSA) is 75.3 Å². The van der Waals surface area contributed by atoms with Gasteiger partial charge in [0, 0.05) is 29.4 Å². The Labute approximate surface area is 127 Å². The Hall–Kier alpha value is -1.44. The molecule has 0 bridgehead atoms. The summed E-state index contributed by atoms with van der Waals surface area (Å²) in [7, 11) is -3.01. The van der Waals surface area contributed by atoms with Crippen molar-refractivity contribution in [2.45, 2.75) is 12.5 Å². The molecule has 2 N–H and O–H groups in total. The molecule has 3 rings (SSSR count). The average molecular weight is 324 g/mol. The third-order valence-electron chi connectivity index (χ3n) is 3.47. The number of fused-ring (bicyclic) bond motifs is 1. The molecule has 1 aliphatic heterocycles. The maximum Gasteiger partial charge on any atom is 0.225 e. The summed E-state index contributed by atoms with van der Waals surface area (Å²) in [6.45, 7) is 0.418. The first kappa shape index (κ1) is 14.5. The molecule has 1 unspecified atom stereocenters. The zero-order valence-electron chi connectivity index (χ0n) is 11.3. The van der Waals surface area contributed by atoms with Crippen LogP contribution in [0.5, 0.6) is 0 Å². The molecule has 1 aromatic carbocycles. The maximum atomic E-state index is 12.0. The van der Waals surface area contributed by atoms with Crippen LogP contribution in [0.3, 0.4) is 0 Å². The summed E-state index contributed by atoms with van der Waals surface area (Å²) in [5, 5.41) is 9.01. The zero-order valence-corrected chi connectivity index (χ0v) is 13.0. The van der Waals surface area contributed by atoms with Crippen LogP contribution in [-0.4, -0.2) is 38.4 Å². The summed E-state index contributed by atoms with van der Waals surface area (Å²) < 4.78 is 24.3.